The van der Waals surface area contributed by atoms with Crippen molar-refractivity contribution in [1.82, 2.24) is 10.2 Å². The lowest BCUT2D eigenvalue weighted by molar-refractivity contribution is -0.139. The van der Waals surface area contributed by atoms with Gasteiger partial charge in [0.25, 0.3) is 10.0 Å². The molecule has 208 valence electrons. The molecule has 1 N–H and O–H groups in total. The highest BCUT2D eigenvalue weighted by Gasteiger charge is 2.32. The Labute approximate surface area is 230 Å². The van der Waals surface area contributed by atoms with Crippen molar-refractivity contribution >= 4 is 27.5 Å². The Morgan fingerprint density at radius 3 is 1.95 bits per heavy atom. The first-order valence-electron chi connectivity index (χ1n) is 12.8. The Kier molecular flexibility index (Phi) is 9.50. The first-order chi connectivity index (χ1) is 18.3. The molecule has 3 rings (SSSR count). The van der Waals surface area contributed by atoms with Crippen LogP contribution in [-0.2, 0) is 26.2 Å². The molecule has 39 heavy (non-hydrogen) atoms. The summed E-state index contributed by atoms with van der Waals surface area (Å²) in [5.41, 5.74) is 3.54. The van der Waals surface area contributed by atoms with E-state index in [2.05, 4.69) is 5.32 Å². The second kappa shape index (κ2) is 12.4. The van der Waals surface area contributed by atoms with Gasteiger partial charge in [0.1, 0.15) is 18.4 Å². The van der Waals surface area contributed by atoms with Gasteiger partial charge in [-0.05, 0) is 94.6 Å². The summed E-state index contributed by atoms with van der Waals surface area (Å²) in [6, 6.07) is 16.3. The van der Waals surface area contributed by atoms with Crippen molar-refractivity contribution in [3.05, 3.63) is 94.8 Å². The Morgan fingerprint density at radius 2 is 1.41 bits per heavy atom. The Bertz CT molecular complexity index is 1400. The molecule has 2 amide bonds. The summed E-state index contributed by atoms with van der Waals surface area (Å²) < 4.78 is 42.4. The van der Waals surface area contributed by atoms with Gasteiger partial charge in [-0.1, -0.05) is 35.9 Å². The summed E-state index contributed by atoms with van der Waals surface area (Å²) in [6.45, 7) is 10.3. The number of amides is 2. The smallest absolute Gasteiger partial charge is 0.264 e. The van der Waals surface area contributed by atoms with Gasteiger partial charge in [0.05, 0.1) is 10.6 Å². The highest BCUT2D eigenvalue weighted by atomic mass is 32.2. The van der Waals surface area contributed by atoms with E-state index >= 15 is 0 Å². The Morgan fingerprint density at radius 1 is 0.846 bits per heavy atom. The SMILES string of the molecule is Cc1ccc(S(=O)(=O)N(CC(=O)N(Cc2ccc(F)cc2)[C@@H](C)C(=O)NC(C)C)c2cc(C)cc(C)c2)cc1. The second-order valence-corrected chi connectivity index (χ2v) is 12.0. The van der Waals surface area contributed by atoms with Crippen LogP contribution < -0.4 is 9.62 Å². The fourth-order valence-corrected chi connectivity index (χ4v) is 5.63. The lowest BCUT2D eigenvalue weighted by Gasteiger charge is -2.32. The van der Waals surface area contributed by atoms with Crippen LogP contribution in [0.3, 0.4) is 0 Å². The normalized spacial score (nSPS) is 12.2. The number of halogens is 1. The summed E-state index contributed by atoms with van der Waals surface area (Å²) >= 11 is 0. The molecule has 0 aliphatic rings. The summed E-state index contributed by atoms with van der Waals surface area (Å²) in [7, 11) is -4.14. The number of hydrogen-bond donors (Lipinski definition) is 1. The van der Waals surface area contributed by atoms with E-state index in [1.807, 2.05) is 40.7 Å². The van der Waals surface area contributed by atoms with Gasteiger partial charge in [0, 0.05) is 12.6 Å². The van der Waals surface area contributed by atoms with E-state index in [0.717, 1.165) is 21.0 Å². The molecule has 3 aromatic rings. The zero-order chi connectivity index (χ0) is 28.9. The second-order valence-electron chi connectivity index (χ2n) is 10.2. The largest absolute Gasteiger partial charge is 0.352 e. The van der Waals surface area contributed by atoms with Gasteiger partial charge in [-0.3, -0.25) is 13.9 Å². The molecule has 0 saturated heterocycles. The first kappa shape index (κ1) is 29.8. The minimum Gasteiger partial charge on any atom is -0.352 e. The van der Waals surface area contributed by atoms with E-state index in [4.69, 9.17) is 0 Å². The summed E-state index contributed by atoms with van der Waals surface area (Å²) in [5, 5.41) is 2.81. The van der Waals surface area contributed by atoms with E-state index in [1.165, 1.54) is 41.3 Å². The van der Waals surface area contributed by atoms with Crippen molar-refractivity contribution in [3.8, 4) is 0 Å². The highest BCUT2D eigenvalue weighted by molar-refractivity contribution is 7.92. The van der Waals surface area contributed by atoms with Crippen molar-refractivity contribution in [2.45, 2.75) is 65.1 Å². The number of hydrogen-bond acceptors (Lipinski definition) is 4. The van der Waals surface area contributed by atoms with Crippen LogP contribution in [0.4, 0.5) is 10.1 Å². The van der Waals surface area contributed by atoms with Crippen LogP contribution in [0, 0.1) is 26.6 Å². The molecule has 0 heterocycles. The van der Waals surface area contributed by atoms with Gasteiger partial charge in [-0.15, -0.1) is 0 Å². The molecule has 3 aromatic carbocycles. The standard InChI is InChI=1S/C30H36FN3O4S/c1-20(2)32-30(36)24(6)33(18-25-9-11-26(31)12-10-25)29(35)19-34(27-16-22(4)15-23(5)17-27)39(37,38)28-13-7-21(3)8-14-28/h7-17,20,24H,18-19H2,1-6H3,(H,32,36)/t24-/m0/s1. The van der Waals surface area contributed by atoms with Crippen molar-refractivity contribution in [1.29, 1.82) is 0 Å². The molecular weight excluding hydrogens is 517 g/mol. The molecular formula is C30H36FN3O4S. The number of nitrogens with zero attached hydrogens (tertiary/aromatic N) is 2. The van der Waals surface area contributed by atoms with Crippen LogP contribution in [0.15, 0.2) is 71.6 Å². The molecule has 0 aromatic heterocycles. The monoisotopic (exact) mass is 553 g/mol. The summed E-state index contributed by atoms with van der Waals surface area (Å²) in [4.78, 5) is 28.2. The molecule has 0 aliphatic heterocycles. The van der Waals surface area contributed by atoms with Crippen molar-refractivity contribution < 1.29 is 22.4 Å². The highest BCUT2D eigenvalue weighted by Crippen LogP contribution is 2.27. The van der Waals surface area contributed by atoms with Gasteiger partial charge < -0.3 is 10.2 Å². The van der Waals surface area contributed by atoms with Gasteiger partial charge in [0.2, 0.25) is 11.8 Å². The quantitative estimate of drug-likeness (QED) is 0.387. The summed E-state index contributed by atoms with van der Waals surface area (Å²) in [5.74, 6) is -1.37. The Hall–Kier alpha value is -3.72. The summed E-state index contributed by atoms with van der Waals surface area (Å²) in [6.07, 6.45) is 0. The van der Waals surface area contributed by atoms with Gasteiger partial charge >= 0.3 is 0 Å². The fraction of sp³-hybridized carbons (Fsp3) is 0.333. The molecule has 0 radical (unpaired) electrons. The molecule has 0 bridgehead atoms. The van der Waals surface area contributed by atoms with Crippen LogP contribution >= 0.6 is 0 Å². The third-order valence-electron chi connectivity index (χ3n) is 6.25. The zero-order valence-corrected chi connectivity index (χ0v) is 24.0. The average molecular weight is 554 g/mol. The molecule has 0 spiro atoms. The van der Waals surface area contributed by atoms with Crippen molar-refractivity contribution in [2.75, 3.05) is 10.8 Å². The maximum absolute atomic E-state index is 13.9. The average Bonchev–Trinajstić information content (AvgIpc) is 2.85. The molecule has 7 nitrogen and oxygen atoms in total. The third kappa shape index (κ3) is 7.66. The fourth-order valence-electron chi connectivity index (χ4n) is 4.24. The number of nitrogens with one attached hydrogen (secondary N) is 1. The third-order valence-corrected chi connectivity index (χ3v) is 8.03. The zero-order valence-electron chi connectivity index (χ0n) is 23.2. The molecule has 9 heteroatoms. The van der Waals surface area contributed by atoms with Crippen molar-refractivity contribution in [3.63, 3.8) is 0 Å². The number of carbonyl (C=O) groups is 2. The van der Waals surface area contributed by atoms with Crippen LogP contribution in [0.1, 0.15) is 43.0 Å². The molecule has 1 atom stereocenters. The maximum atomic E-state index is 13.9. The van der Waals surface area contributed by atoms with Gasteiger partial charge in [-0.2, -0.15) is 0 Å². The minimum absolute atomic E-state index is 0.00292. The lowest BCUT2D eigenvalue weighted by Crippen LogP contribution is -2.52. The lowest BCUT2D eigenvalue weighted by atomic mass is 10.1. The first-order valence-corrected chi connectivity index (χ1v) is 14.2. The molecule has 0 saturated carbocycles. The van der Waals surface area contributed by atoms with E-state index in [-0.39, 0.29) is 23.4 Å². The van der Waals surface area contributed by atoms with Crippen LogP contribution in [-0.4, -0.2) is 43.8 Å². The van der Waals surface area contributed by atoms with Gasteiger partial charge in [-0.25, -0.2) is 12.8 Å². The molecule has 0 aliphatic carbocycles. The number of carbonyl (C=O) groups excluding carboxylic acids is 2. The van der Waals surface area contributed by atoms with Crippen LogP contribution in [0.2, 0.25) is 0 Å². The minimum atomic E-state index is -4.14. The van der Waals surface area contributed by atoms with E-state index in [9.17, 15) is 22.4 Å². The predicted molar refractivity (Wildman–Crippen MR) is 151 cm³/mol. The predicted octanol–water partition coefficient (Wildman–Crippen LogP) is 4.89. The van der Waals surface area contributed by atoms with E-state index in [0.29, 0.717) is 11.3 Å². The van der Waals surface area contributed by atoms with Crippen LogP contribution in [0.25, 0.3) is 0 Å². The van der Waals surface area contributed by atoms with Gasteiger partial charge in [0.15, 0.2) is 0 Å². The number of benzene rings is 3. The van der Waals surface area contributed by atoms with E-state index in [1.54, 1.807) is 31.2 Å². The molecule has 0 fully saturated rings. The topological polar surface area (TPSA) is 86.8 Å². The number of sulfonamides is 1. The number of rotatable bonds is 10. The van der Waals surface area contributed by atoms with Crippen molar-refractivity contribution in [2.24, 2.45) is 0 Å². The molecule has 0 unspecified atom stereocenters. The van der Waals surface area contributed by atoms with Crippen LogP contribution in [0.5, 0.6) is 0 Å². The van der Waals surface area contributed by atoms with E-state index < -0.39 is 34.3 Å². The number of anilines is 1. The Balaban J connectivity index is 2.06. The maximum Gasteiger partial charge on any atom is 0.264 e. The number of aryl methyl sites for hydroxylation is 3.